The first-order chi connectivity index (χ1) is 8.19. The fraction of sp³-hybridized carbons (Fsp3) is 0.333. The first-order valence-corrected chi connectivity index (χ1v) is 5.11. The lowest BCUT2D eigenvalue weighted by Crippen LogP contribution is -2.35. The van der Waals surface area contributed by atoms with Crippen molar-refractivity contribution in [2.45, 2.75) is 0 Å². The minimum Gasteiger partial charge on any atom is -0.493 e. The van der Waals surface area contributed by atoms with Crippen LogP contribution in [0.4, 0.5) is 0 Å². The molecule has 90 valence electrons. The lowest BCUT2D eigenvalue weighted by atomic mass is 9.95. The maximum atomic E-state index is 12.0. The molecular weight excluding hydrogens is 224 g/mol. The van der Waals surface area contributed by atoms with Gasteiger partial charge in [-0.2, -0.15) is 0 Å². The quantitative estimate of drug-likeness (QED) is 0.567. The predicted molar refractivity (Wildman–Crippen MR) is 58.3 cm³/mol. The molecule has 1 atom stereocenters. The summed E-state index contributed by atoms with van der Waals surface area (Å²) >= 11 is 0. The molecule has 1 unspecified atom stereocenters. The Balaban J connectivity index is 2.40. The van der Waals surface area contributed by atoms with Crippen LogP contribution in [-0.2, 0) is 9.53 Å². The molecule has 0 aliphatic carbocycles. The van der Waals surface area contributed by atoms with Gasteiger partial charge in [0.25, 0.3) is 0 Å². The van der Waals surface area contributed by atoms with E-state index in [0.29, 0.717) is 17.1 Å². The molecule has 1 aliphatic heterocycles. The SMILES string of the molecule is COC(=O)C1COc2c(OC)cccc2C1=O. The average Bonchev–Trinajstić information content (AvgIpc) is 2.38. The smallest absolute Gasteiger partial charge is 0.320 e. The van der Waals surface area contributed by atoms with Gasteiger partial charge in [0.1, 0.15) is 6.61 Å². The van der Waals surface area contributed by atoms with Gasteiger partial charge in [0.15, 0.2) is 23.2 Å². The number of esters is 1. The standard InChI is InChI=1S/C12H12O5/c1-15-9-5-3-4-7-10(13)8(12(14)16-2)6-17-11(7)9/h3-5,8H,6H2,1-2H3. The second-order valence-corrected chi connectivity index (χ2v) is 3.59. The molecule has 0 saturated heterocycles. The summed E-state index contributed by atoms with van der Waals surface area (Å²) in [6.45, 7) is -0.0150. The van der Waals surface area contributed by atoms with Crippen molar-refractivity contribution in [3.63, 3.8) is 0 Å². The van der Waals surface area contributed by atoms with E-state index in [1.54, 1.807) is 18.2 Å². The maximum absolute atomic E-state index is 12.0. The van der Waals surface area contributed by atoms with E-state index in [4.69, 9.17) is 9.47 Å². The number of rotatable bonds is 2. The molecule has 0 aromatic heterocycles. The van der Waals surface area contributed by atoms with Crippen molar-refractivity contribution in [1.82, 2.24) is 0 Å². The van der Waals surface area contributed by atoms with Gasteiger partial charge >= 0.3 is 5.97 Å². The zero-order chi connectivity index (χ0) is 12.4. The molecule has 17 heavy (non-hydrogen) atoms. The van der Waals surface area contributed by atoms with Crippen LogP contribution in [0.15, 0.2) is 18.2 Å². The van der Waals surface area contributed by atoms with Crippen LogP contribution in [0, 0.1) is 5.92 Å². The Morgan fingerprint density at radius 3 is 2.82 bits per heavy atom. The van der Waals surface area contributed by atoms with Crippen molar-refractivity contribution in [1.29, 1.82) is 0 Å². The van der Waals surface area contributed by atoms with Crippen LogP contribution < -0.4 is 9.47 Å². The minimum atomic E-state index is -0.889. The predicted octanol–water partition coefficient (Wildman–Crippen LogP) is 1.06. The van der Waals surface area contributed by atoms with Gasteiger partial charge in [-0.3, -0.25) is 9.59 Å². The highest BCUT2D eigenvalue weighted by molar-refractivity contribution is 6.11. The molecule has 0 N–H and O–H groups in total. The average molecular weight is 236 g/mol. The molecule has 2 rings (SSSR count). The number of para-hydroxylation sites is 1. The molecule has 0 radical (unpaired) electrons. The Hall–Kier alpha value is -2.04. The van der Waals surface area contributed by atoms with Crippen LogP contribution in [0.25, 0.3) is 0 Å². The third kappa shape index (κ3) is 1.84. The third-order valence-electron chi connectivity index (χ3n) is 2.66. The Morgan fingerprint density at radius 1 is 1.41 bits per heavy atom. The second-order valence-electron chi connectivity index (χ2n) is 3.59. The molecule has 0 saturated carbocycles. The number of ketones is 1. The molecule has 0 amide bonds. The molecule has 1 aromatic rings. The molecule has 0 spiro atoms. The van der Waals surface area contributed by atoms with Crippen LogP contribution in [0.5, 0.6) is 11.5 Å². The van der Waals surface area contributed by atoms with E-state index in [9.17, 15) is 9.59 Å². The molecular formula is C12H12O5. The zero-order valence-electron chi connectivity index (χ0n) is 9.56. The largest absolute Gasteiger partial charge is 0.493 e. The molecule has 1 aromatic carbocycles. The molecule has 0 bridgehead atoms. The van der Waals surface area contributed by atoms with Crippen molar-refractivity contribution < 1.29 is 23.8 Å². The van der Waals surface area contributed by atoms with Gasteiger partial charge in [-0.15, -0.1) is 0 Å². The Morgan fingerprint density at radius 2 is 2.18 bits per heavy atom. The summed E-state index contributed by atoms with van der Waals surface area (Å²) in [6, 6.07) is 4.98. The van der Waals surface area contributed by atoms with Crippen LogP contribution in [-0.4, -0.2) is 32.6 Å². The van der Waals surface area contributed by atoms with Crippen molar-refractivity contribution in [2.75, 3.05) is 20.8 Å². The van der Waals surface area contributed by atoms with Crippen molar-refractivity contribution in [3.8, 4) is 11.5 Å². The molecule has 1 heterocycles. The molecule has 1 aliphatic rings. The van der Waals surface area contributed by atoms with E-state index in [2.05, 4.69) is 4.74 Å². The van der Waals surface area contributed by atoms with Crippen LogP contribution in [0.1, 0.15) is 10.4 Å². The number of hydrogen-bond acceptors (Lipinski definition) is 5. The topological polar surface area (TPSA) is 61.8 Å². The van der Waals surface area contributed by atoms with Gasteiger partial charge in [-0.05, 0) is 12.1 Å². The lowest BCUT2D eigenvalue weighted by Gasteiger charge is -2.23. The highest BCUT2D eigenvalue weighted by atomic mass is 16.5. The number of ether oxygens (including phenoxy) is 3. The van der Waals surface area contributed by atoms with E-state index in [0.717, 1.165) is 0 Å². The van der Waals surface area contributed by atoms with E-state index >= 15 is 0 Å². The summed E-state index contributed by atoms with van der Waals surface area (Å²) in [5.74, 6) is -0.889. The number of Topliss-reactive ketones (excluding diaryl/α,β-unsaturated/α-hetero) is 1. The van der Waals surface area contributed by atoms with E-state index < -0.39 is 11.9 Å². The summed E-state index contributed by atoms with van der Waals surface area (Å²) in [5, 5.41) is 0. The number of carbonyl (C=O) groups excluding carboxylic acids is 2. The summed E-state index contributed by atoms with van der Waals surface area (Å²) in [6.07, 6.45) is 0. The van der Waals surface area contributed by atoms with Gasteiger partial charge in [0.05, 0.1) is 19.8 Å². The van der Waals surface area contributed by atoms with Gasteiger partial charge in [0.2, 0.25) is 0 Å². The first kappa shape index (κ1) is 11.4. The summed E-state index contributed by atoms with van der Waals surface area (Å²) in [4.78, 5) is 23.4. The number of benzene rings is 1. The van der Waals surface area contributed by atoms with Gasteiger partial charge < -0.3 is 14.2 Å². The summed E-state index contributed by atoms with van der Waals surface area (Å²) in [7, 11) is 2.74. The number of methoxy groups -OCH3 is 2. The number of hydrogen-bond donors (Lipinski definition) is 0. The first-order valence-electron chi connectivity index (χ1n) is 5.11. The number of fused-ring (bicyclic) bond motifs is 1. The van der Waals surface area contributed by atoms with E-state index in [1.807, 2.05) is 0 Å². The number of carbonyl (C=O) groups is 2. The van der Waals surface area contributed by atoms with Gasteiger partial charge in [0, 0.05) is 0 Å². The van der Waals surface area contributed by atoms with Crippen molar-refractivity contribution in [3.05, 3.63) is 23.8 Å². The fourth-order valence-corrected chi connectivity index (χ4v) is 1.77. The Kier molecular flexibility index (Phi) is 2.99. The van der Waals surface area contributed by atoms with Crippen molar-refractivity contribution in [2.24, 2.45) is 5.92 Å². The third-order valence-corrected chi connectivity index (χ3v) is 2.66. The highest BCUT2D eigenvalue weighted by Gasteiger charge is 2.36. The van der Waals surface area contributed by atoms with Crippen LogP contribution >= 0.6 is 0 Å². The van der Waals surface area contributed by atoms with Gasteiger partial charge in [-0.25, -0.2) is 0 Å². The normalized spacial score (nSPS) is 18.0. The van der Waals surface area contributed by atoms with Gasteiger partial charge in [-0.1, -0.05) is 6.07 Å². The monoisotopic (exact) mass is 236 g/mol. The maximum Gasteiger partial charge on any atom is 0.320 e. The zero-order valence-corrected chi connectivity index (χ0v) is 9.56. The molecule has 0 fully saturated rings. The molecule has 5 nitrogen and oxygen atoms in total. The van der Waals surface area contributed by atoms with Crippen molar-refractivity contribution >= 4 is 11.8 Å². The fourth-order valence-electron chi connectivity index (χ4n) is 1.77. The highest BCUT2D eigenvalue weighted by Crippen LogP contribution is 2.36. The minimum absolute atomic E-state index is 0.0150. The van der Waals surface area contributed by atoms with E-state index in [1.165, 1.54) is 14.2 Å². The summed E-state index contributed by atoms with van der Waals surface area (Å²) in [5.41, 5.74) is 0.353. The van der Waals surface area contributed by atoms with Crippen LogP contribution in [0.3, 0.4) is 0 Å². The second kappa shape index (κ2) is 4.45. The Labute approximate surface area is 98.3 Å². The van der Waals surface area contributed by atoms with E-state index in [-0.39, 0.29) is 12.4 Å². The summed E-state index contributed by atoms with van der Waals surface area (Å²) < 4.78 is 15.1. The molecule has 5 heteroatoms. The Bertz CT molecular complexity index is 466. The van der Waals surface area contributed by atoms with Crippen LogP contribution in [0.2, 0.25) is 0 Å². The lowest BCUT2D eigenvalue weighted by molar-refractivity contribution is -0.144.